The number of hydrogen-bond donors (Lipinski definition) is 1. The molecule has 1 aliphatic rings. The quantitative estimate of drug-likeness (QED) is 0.390. The molecule has 0 aromatic heterocycles. The third-order valence-corrected chi connectivity index (χ3v) is 5.12. The van der Waals surface area contributed by atoms with Crippen LogP contribution in [0, 0.1) is 11.8 Å². The highest BCUT2D eigenvalue weighted by Crippen LogP contribution is 2.36. The molecule has 0 nitrogen and oxygen atoms in total. The maximum absolute atomic E-state index is 4.55. The van der Waals surface area contributed by atoms with Gasteiger partial charge in [0.25, 0.3) is 0 Å². The van der Waals surface area contributed by atoms with Gasteiger partial charge in [-0.2, -0.15) is 12.6 Å². The van der Waals surface area contributed by atoms with Crippen LogP contribution in [0.15, 0.2) is 0 Å². The number of hydrogen-bond acceptors (Lipinski definition) is 1. The summed E-state index contributed by atoms with van der Waals surface area (Å²) in [6.07, 6.45) is 2.66. The van der Waals surface area contributed by atoms with Crippen molar-refractivity contribution in [2.75, 3.05) is 0 Å². The first-order chi connectivity index (χ1) is 4.61. The van der Waals surface area contributed by atoms with E-state index in [0.717, 1.165) is 15.8 Å². The van der Waals surface area contributed by atoms with Crippen molar-refractivity contribution >= 4 is 35.2 Å². The van der Waals surface area contributed by atoms with Crippen LogP contribution in [0.1, 0.15) is 26.7 Å². The Balaban J connectivity index is 2.46. The second-order valence-corrected chi connectivity index (χ2v) is 5.77. The predicted octanol–water partition coefficient (Wildman–Crippen LogP) is 3.15. The Hall–Kier alpha value is 1.08. The van der Waals surface area contributed by atoms with Gasteiger partial charge in [-0.05, 0) is 24.7 Å². The second kappa shape index (κ2) is 3.65. The van der Waals surface area contributed by atoms with Crippen LogP contribution in [-0.4, -0.2) is 9.17 Å². The van der Waals surface area contributed by atoms with Gasteiger partial charge in [-0.3, -0.25) is 0 Å². The Morgan fingerprint density at radius 3 is 2.20 bits per heavy atom. The molecule has 1 aliphatic carbocycles. The minimum Gasteiger partial charge on any atom is -0.175 e. The summed E-state index contributed by atoms with van der Waals surface area (Å²) in [5, 5.41) is 0.645. The SMILES string of the molecule is C[C@@H]1CC(S)C(I)C[C@@H]1C. The zero-order valence-corrected chi connectivity index (χ0v) is 9.60. The zero-order valence-electron chi connectivity index (χ0n) is 6.55. The molecule has 0 bridgehead atoms. The maximum atomic E-state index is 4.55. The third kappa shape index (κ3) is 2.03. The van der Waals surface area contributed by atoms with Crippen LogP contribution in [-0.2, 0) is 0 Å². The summed E-state index contributed by atoms with van der Waals surface area (Å²) >= 11 is 7.08. The highest BCUT2D eigenvalue weighted by atomic mass is 127. The Labute approximate surface area is 82.7 Å². The molecule has 0 N–H and O–H groups in total. The van der Waals surface area contributed by atoms with Crippen LogP contribution in [0.4, 0.5) is 0 Å². The van der Waals surface area contributed by atoms with Crippen LogP contribution in [0.5, 0.6) is 0 Å². The normalized spacial score (nSPS) is 49.2. The molecule has 1 saturated carbocycles. The van der Waals surface area contributed by atoms with Crippen molar-refractivity contribution < 1.29 is 0 Å². The molecule has 10 heavy (non-hydrogen) atoms. The molecule has 2 unspecified atom stereocenters. The van der Waals surface area contributed by atoms with E-state index >= 15 is 0 Å². The zero-order chi connectivity index (χ0) is 7.72. The molecular formula is C8H15IS. The smallest absolute Gasteiger partial charge is 0.0229 e. The lowest BCUT2D eigenvalue weighted by Crippen LogP contribution is -2.29. The molecular weight excluding hydrogens is 255 g/mol. The van der Waals surface area contributed by atoms with Gasteiger partial charge in [-0.1, -0.05) is 36.4 Å². The molecule has 2 heteroatoms. The largest absolute Gasteiger partial charge is 0.175 e. The fourth-order valence-corrected chi connectivity index (χ4v) is 3.06. The van der Waals surface area contributed by atoms with E-state index in [1.54, 1.807) is 0 Å². The molecule has 4 atom stereocenters. The van der Waals surface area contributed by atoms with E-state index in [4.69, 9.17) is 0 Å². The first-order valence-corrected chi connectivity index (χ1v) is 5.69. The van der Waals surface area contributed by atoms with Crippen LogP contribution >= 0.6 is 35.2 Å². The van der Waals surface area contributed by atoms with Gasteiger partial charge in [0, 0.05) is 9.17 Å². The van der Waals surface area contributed by atoms with Crippen molar-refractivity contribution in [2.24, 2.45) is 11.8 Å². The van der Waals surface area contributed by atoms with Gasteiger partial charge in [0.15, 0.2) is 0 Å². The highest BCUT2D eigenvalue weighted by Gasteiger charge is 2.28. The van der Waals surface area contributed by atoms with Crippen LogP contribution in [0.25, 0.3) is 0 Å². The van der Waals surface area contributed by atoms with Gasteiger partial charge >= 0.3 is 0 Å². The number of rotatable bonds is 0. The summed E-state index contributed by atoms with van der Waals surface area (Å²) in [4.78, 5) is 0. The summed E-state index contributed by atoms with van der Waals surface area (Å²) in [6, 6.07) is 0. The molecule has 60 valence electrons. The van der Waals surface area contributed by atoms with Gasteiger partial charge in [-0.15, -0.1) is 0 Å². The van der Waals surface area contributed by atoms with Crippen molar-refractivity contribution in [3.05, 3.63) is 0 Å². The Morgan fingerprint density at radius 1 is 1.20 bits per heavy atom. The molecule has 0 aromatic carbocycles. The minimum absolute atomic E-state index is 0.645. The maximum Gasteiger partial charge on any atom is 0.0229 e. The van der Waals surface area contributed by atoms with E-state index in [1.807, 2.05) is 0 Å². The Bertz CT molecular complexity index is 89.8. The molecule has 1 fully saturated rings. The van der Waals surface area contributed by atoms with Gasteiger partial charge in [-0.25, -0.2) is 0 Å². The highest BCUT2D eigenvalue weighted by molar-refractivity contribution is 14.1. The standard InChI is InChI=1S/C8H15IS/c1-5-3-7(9)8(10)4-6(5)2/h5-8,10H,3-4H2,1-2H3/t5-,6+,7?,8?/m0/s1. The molecule has 0 radical (unpaired) electrons. The fourth-order valence-electron chi connectivity index (χ4n) is 1.51. The Morgan fingerprint density at radius 2 is 1.70 bits per heavy atom. The predicted molar refractivity (Wildman–Crippen MR) is 58.1 cm³/mol. The molecule has 0 aromatic rings. The second-order valence-electron chi connectivity index (χ2n) is 3.51. The van der Waals surface area contributed by atoms with Crippen molar-refractivity contribution in [2.45, 2.75) is 35.9 Å². The number of thiol groups is 1. The molecule has 0 spiro atoms. The Kier molecular flexibility index (Phi) is 3.35. The van der Waals surface area contributed by atoms with E-state index in [0.29, 0.717) is 5.25 Å². The first-order valence-electron chi connectivity index (χ1n) is 3.93. The molecule has 0 aliphatic heterocycles. The number of alkyl halides is 1. The summed E-state index contributed by atoms with van der Waals surface area (Å²) in [7, 11) is 0. The molecule has 1 rings (SSSR count). The fraction of sp³-hybridized carbons (Fsp3) is 1.00. The van der Waals surface area contributed by atoms with Crippen LogP contribution in [0.2, 0.25) is 0 Å². The van der Waals surface area contributed by atoms with Crippen molar-refractivity contribution in [3.8, 4) is 0 Å². The van der Waals surface area contributed by atoms with Gasteiger partial charge in [0.2, 0.25) is 0 Å². The van der Waals surface area contributed by atoms with E-state index in [2.05, 4.69) is 49.1 Å². The van der Waals surface area contributed by atoms with Crippen molar-refractivity contribution in [3.63, 3.8) is 0 Å². The molecule has 0 heterocycles. The number of halogens is 1. The topological polar surface area (TPSA) is 0 Å². The summed E-state index contributed by atoms with van der Waals surface area (Å²) in [5.74, 6) is 1.79. The third-order valence-electron chi connectivity index (χ3n) is 2.60. The average Bonchev–Trinajstić information content (AvgIpc) is 1.84. The van der Waals surface area contributed by atoms with E-state index < -0.39 is 0 Å². The lowest BCUT2D eigenvalue weighted by atomic mass is 9.81. The van der Waals surface area contributed by atoms with Crippen LogP contribution < -0.4 is 0 Å². The van der Waals surface area contributed by atoms with E-state index in [9.17, 15) is 0 Å². The summed E-state index contributed by atoms with van der Waals surface area (Å²) < 4.78 is 0.798. The van der Waals surface area contributed by atoms with E-state index in [-0.39, 0.29) is 0 Å². The molecule has 0 amide bonds. The van der Waals surface area contributed by atoms with Gasteiger partial charge < -0.3 is 0 Å². The summed E-state index contributed by atoms with van der Waals surface area (Å²) in [6.45, 7) is 4.70. The van der Waals surface area contributed by atoms with Crippen LogP contribution in [0.3, 0.4) is 0 Å². The minimum atomic E-state index is 0.645. The van der Waals surface area contributed by atoms with Gasteiger partial charge in [0.1, 0.15) is 0 Å². The summed E-state index contributed by atoms with van der Waals surface area (Å²) in [5.41, 5.74) is 0. The molecule has 0 saturated heterocycles. The lowest BCUT2D eigenvalue weighted by Gasteiger charge is -2.33. The first kappa shape index (κ1) is 9.17. The van der Waals surface area contributed by atoms with Crippen molar-refractivity contribution in [1.29, 1.82) is 0 Å². The lowest BCUT2D eigenvalue weighted by molar-refractivity contribution is 0.295. The van der Waals surface area contributed by atoms with Gasteiger partial charge in [0.05, 0.1) is 0 Å². The van der Waals surface area contributed by atoms with Crippen molar-refractivity contribution in [1.82, 2.24) is 0 Å². The van der Waals surface area contributed by atoms with E-state index in [1.165, 1.54) is 12.8 Å². The monoisotopic (exact) mass is 270 g/mol. The average molecular weight is 270 g/mol.